The van der Waals surface area contributed by atoms with Crippen molar-refractivity contribution in [2.45, 2.75) is 6.42 Å². The number of ether oxygens (including phenoxy) is 4. The van der Waals surface area contributed by atoms with Crippen LogP contribution < -0.4 is 0 Å². The second-order valence-corrected chi connectivity index (χ2v) is 4.03. The highest BCUT2D eigenvalue weighted by Crippen LogP contribution is 1.96. The molecule has 1 aliphatic heterocycles. The molecule has 106 valence electrons. The zero-order valence-electron chi connectivity index (χ0n) is 11.1. The molecule has 0 saturated carbocycles. The maximum Gasteiger partial charge on any atom is 0.308 e. The standard InChI is InChI=1S/C12H23NO5/c1-15-10-11-16-6-2-12(14)18-9-5-13-3-7-17-8-4-13/h2-11H2,1H3. The Morgan fingerprint density at radius 3 is 2.67 bits per heavy atom. The second-order valence-electron chi connectivity index (χ2n) is 4.03. The van der Waals surface area contributed by atoms with Gasteiger partial charge < -0.3 is 18.9 Å². The average Bonchev–Trinajstić information content (AvgIpc) is 2.40. The van der Waals surface area contributed by atoms with Crippen molar-refractivity contribution < 1.29 is 23.7 Å². The molecular weight excluding hydrogens is 238 g/mol. The Hall–Kier alpha value is -0.690. The minimum Gasteiger partial charge on any atom is -0.464 e. The van der Waals surface area contributed by atoms with Crippen LogP contribution in [0.15, 0.2) is 0 Å². The van der Waals surface area contributed by atoms with E-state index in [0.717, 1.165) is 32.8 Å². The van der Waals surface area contributed by atoms with Crippen LogP contribution in [-0.4, -0.2) is 77.3 Å². The van der Waals surface area contributed by atoms with Crippen molar-refractivity contribution in [3.63, 3.8) is 0 Å². The molecule has 1 fully saturated rings. The van der Waals surface area contributed by atoms with Crippen molar-refractivity contribution in [1.29, 1.82) is 0 Å². The molecule has 1 aliphatic rings. The lowest BCUT2D eigenvalue weighted by atomic mass is 10.4. The Morgan fingerprint density at radius 1 is 1.17 bits per heavy atom. The molecule has 0 aromatic rings. The summed E-state index contributed by atoms with van der Waals surface area (Å²) in [6.45, 7) is 6.03. The van der Waals surface area contributed by atoms with Gasteiger partial charge in [-0.2, -0.15) is 0 Å². The zero-order valence-corrected chi connectivity index (χ0v) is 11.1. The Labute approximate surface area is 108 Å². The van der Waals surface area contributed by atoms with Crippen LogP contribution in [0, 0.1) is 0 Å². The average molecular weight is 261 g/mol. The number of morpholine rings is 1. The van der Waals surface area contributed by atoms with E-state index in [1.165, 1.54) is 0 Å². The van der Waals surface area contributed by atoms with E-state index in [2.05, 4.69) is 4.90 Å². The fourth-order valence-corrected chi connectivity index (χ4v) is 1.59. The molecule has 0 N–H and O–H groups in total. The third-order valence-corrected chi connectivity index (χ3v) is 2.66. The lowest BCUT2D eigenvalue weighted by Crippen LogP contribution is -2.38. The summed E-state index contributed by atoms with van der Waals surface area (Å²) in [6.07, 6.45) is 0.298. The van der Waals surface area contributed by atoms with Gasteiger partial charge in [-0.25, -0.2) is 0 Å². The lowest BCUT2D eigenvalue weighted by Gasteiger charge is -2.26. The number of nitrogens with zero attached hydrogens (tertiary/aromatic N) is 1. The predicted molar refractivity (Wildman–Crippen MR) is 65.5 cm³/mol. The van der Waals surface area contributed by atoms with E-state index in [1.54, 1.807) is 7.11 Å². The first-order valence-corrected chi connectivity index (χ1v) is 6.35. The number of carbonyl (C=O) groups excluding carboxylic acids is 1. The monoisotopic (exact) mass is 261 g/mol. The number of methoxy groups -OCH3 is 1. The van der Waals surface area contributed by atoms with Gasteiger partial charge in [0.05, 0.1) is 39.5 Å². The summed E-state index contributed by atoms with van der Waals surface area (Å²) >= 11 is 0. The van der Waals surface area contributed by atoms with Gasteiger partial charge in [-0.15, -0.1) is 0 Å². The molecule has 1 saturated heterocycles. The highest BCUT2D eigenvalue weighted by atomic mass is 16.5. The van der Waals surface area contributed by atoms with Gasteiger partial charge >= 0.3 is 5.97 Å². The van der Waals surface area contributed by atoms with Crippen LogP contribution in [-0.2, 0) is 23.7 Å². The molecule has 6 heteroatoms. The first kappa shape index (κ1) is 15.4. The molecule has 0 radical (unpaired) electrons. The lowest BCUT2D eigenvalue weighted by molar-refractivity contribution is -0.145. The molecule has 0 aromatic carbocycles. The topological polar surface area (TPSA) is 57.2 Å². The van der Waals surface area contributed by atoms with Gasteiger partial charge in [0, 0.05) is 26.7 Å². The Balaban J connectivity index is 1.89. The summed E-state index contributed by atoms with van der Waals surface area (Å²) in [5.74, 6) is -0.208. The van der Waals surface area contributed by atoms with Crippen molar-refractivity contribution in [3.05, 3.63) is 0 Å². The zero-order chi connectivity index (χ0) is 13.1. The van der Waals surface area contributed by atoms with E-state index in [0.29, 0.717) is 32.8 Å². The van der Waals surface area contributed by atoms with Gasteiger partial charge in [0.15, 0.2) is 0 Å². The summed E-state index contributed by atoms with van der Waals surface area (Å²) in [5.41, 5.74) is 0. The van der Waals surface area contributed by atoms with Gasteiger partial charge in [0.25, 0.3) is 0 Å². The van der Waals surface area contributed by atoms with Gasteiger partial charge in [0.2, 0.25) is 0 Å². The van der Waals surface area contributed by atoms with Crippen molar-refractivity contribution in [1.82, 2.24) is 4.90 Å². The van der Waals surface area contributed by atoms with Crippen molar-refractivity contribution >= 4 is 5.97 Å². The van der Waals surface area contributed by atoms with E-state index >= 15 is 0 Å². The number of hydrogen-bond acceptors (Lipinski definition) is 6. The Morgan fingerprint density at radius 2 is 1.94 bits per heavy atom. The van der Waals surface area contributed by atoms with Crippen LogP contribution in [0.25, 0.3) is 0 Å². The maximum atomic E-state index is 11.3. The molecular formula is C12H23NO5. The smallest absolute Gasteiger partial charge is 0.308 e. The van der Waals surface area contributed by atoms with E-state index < -0.39 is 0 Å². The molecule has 18 heavy (non-hydrogen) atoms. The minimum absolute atomic E-state index is 0.208. The molecule has 0 aromatic heterocycles. The molecule has 6 nitrogen and oxygen atoms in total. The molecule has 0 atom stereocenters. The van der Waals surface area contributed by atoms with Gasteiger partial charge in [-0.1, -0.05) is 0 Å². The van der Waals surface area contributed by atoms with Gasteiger partial charge in [-0.05, 0) is 0 Å². The normalized spacial score (nSPS) is 16.7. The molecule has 0 amide bonds. The molecule has 0 bridgehead atoms. The van der Waals surface area contributed by atoms with Crippen molar-refractivity contribution in [2.75, 3.05) is 66.4 Å². The van der Waals surface area contributed by atoms with Crippen LogP contribution in [0.4, 0.5) is 0 Å². The number of hydrogen-bond donors (Lipinski definition) is 0. The predicted octanol–water partition coefficient (Wildman–Crippen LogP) is -0.0851. The third-order valence-electron chi connectivity index (χ3n) is 2.66. The van der Waals surface area contributed by atoms with E-state index in [9.17, 15) is 4.79 Å². The maximum absolute atomic E-state index is 11.3. The highest BCUT2D eigenvalue weighted by molar-refractivity contribution is 5.69. The highest BCUT2D eigenvalue weighted by Gasteiger charge is 2.10. The van der Waals surface area contributed by atoms with Crippen molar-refractivity contribution in [2.24, 2.45) is 0 Å². The summed E-state index contributed by atoms with van der Waals surface area (Å²) in [4.78, 5) is 13.6. The van der Waals surface area contributed by atoms with Crippen LogP contribution in [0.5, 0.6) is 0 Å². The fourth-order valence-electron chi connectivity index (χ4n) is 1.59. The number of rotatable bonds is 9. The summed E-state index contributed by atoms with van der Waals surface area (Å²) < 4.78 is 20.4. The SMILES string of the molecule is COCCOCCC(=O)OCCN1CCOCC1. The summed E-state index contributed by atoms with van der Waals surface area (Å²) in [5, 5.41) is 0. The van der Waals surface area contributed by atoms with E-state index in [-0.39, 0.29) is 5.97 Å². The molecule has 1 rings (SSSR count). The van der Waals surface area contributed by atoms with Crippen LogP contribution in [0.2, 0.25) is 0 Å². The van der Waals surface area contributed by atoms with Crippen LogP contribution >= 0.6 is 0 Å². The first-order valence-electron chi connectivity index (χ1n) is 6.35. The fraction of sp³-hybridized carbons (Fsp3) is 0.917. The molecule has 0 spiro atoms. The number of carbonyl (C=O) groups is 1. The van der Waals surface area contributed by atoms with Crippen LogP contribution in [0.3, 0.4) is 0 Å². The van der Waals surface area contributed by atoms with Crippen molar-refractivity contribution in [3.8, 4) is 0 Å². The molecule has 1 heterocycles. The second kappa shape index (κ2) is 10.3. The summed E-state index contributed by atoms with van der Waals surface area (Å²) in [7, 11) is 1.61. The summed E-state index contributed by atoms with van der Waals surface area (Å²) in [6, 6.07) is 0. The van der Waals surface area contributed by atoms with Gasteiger partial charge in [0.1, 0.15) is 6.61 Å². The first-order chi connectivity index (χ1) is 8.83. The molecule has 0 unspecified atom stereocenters. The van der Waals surface area contributed by atoms with E-state index in [1.807, 2.05) is 0 Å². The van der Waals surface area contributed by atoms with E-state index in [4.69, 9.17) is 18.9 Å². The minimum atomic E-state index is -0.208. The van der Waals surface area contributed by atoms with Crippen LogP contribution in [0.1, 0.15) is 6.42 Å². The molecule has 0 aliphatic carbocycles. The Kier molecular flexibility index (Phi) is 8.75. The Bertz CT molecular complexity index is 219. The quantitative estimate of drug-likeness (QED) is 0.427. The largest absolute Gasteiger partial charge is 0.464 e. The third kappa shape index (κ3) is 7.60. The van der Waals surface area contributed by atoms with Gasteiger partial charge in [-0.3, -0.25) is 9.69 Å². The number of esters is 1.